The molecule has 3 rings (SSSR count). The smallest absolute Gasteiger partial charge is 0.348 e. The third kappa shape index (κ3) is 5.81. The summed E-state index contributed by atoms with van der Waals surface area (Å²) in [4.78, 5) is 19.9. The summed E-state index contributed by atoms with van der Waals surface area (Å²) in [5.74, 6) is -1.13. The molecule has 0 aliphatic rings. The molecular weight excluding hydrogens is 405 g/mol. The first-order valence-corrected chi connectivity index (χ1v) is 9.68. The van der Waals surface area contributed by atoms with Crippen LogP contribution in [0.1, 0.15) is 48.0 Å². The van der Waals surface area contributed by atoms with Gasteiger partial charge in [-0.15, -0.1) is 0 Å². The maximum Gasteiger partial charge on any atom is 0.434 e. The number of hydrogen-bond acceptors (Lipinski definition) is 4. The molecule has 1 heterocycles. The van der Waals surface area contributed by atoms with Gasteiger partial charge in [-0.2, -0.15) is 13.2 Å². The Morgan fingerprint density at radius 2 is 1.61 bits per heavy atom. The second-order valence-electron chi connectivity index (χ2n) is 8.07. The first kappa shape index (κ1) is 22.3. The molecule has 0 saturated heterocycles. The summed E-state index contributed by atoms with van der Waals surface area (Å²) < 4.78 is 40.7. The SMILES string of the molecule is CC(C)(C)c1ccc(Nc2ncc(C(=O)NCc3ccccc3)c(C(F)(F)F)n2)cc1. The fraction of sp³-hybridized carbons (Fsp3) is 0.261. The van der Waals surface area contributed by atoms with Crippen LogP contribution in [0.4, 0.5) is 24.8 Å². The number of rotatable bonds is 5. The van der Waals surface area contributed by atoms with E-state index in [0.717, 1.165) is 17.3 Å². The van der Waals surface area contributed by atoms with Crippen molar-refractivity contribution in [1.82, 2.24) is 15.3 Å². The number of halogens is 3. The van der Waals surface area contributed by atoms with E-state index in [1.165, 1.54) is 0 Å². The molecule has 2 aromatic carbocycles. The predicted octanol–water partition coefficient (Wildman–Crippen LogP) is 5.47. The number of alkyl halides is 3. The lowest BCUT2D eigenvalue weighted by Crippen LogP contribution is -2.27. The normalized spacial score (nSPS) is 11.8. The Bertz CT molecular complexity index is 1040. The summed E-state index contributed by atoms with van der Waals surface area (Å²) in [5.41, 5.74) is 0.428. The topological polar surface area (TPSA) is 66.9 Å². The average molecular weight is 428 g/mol. The number of hydrogen-bond donors (Lipinski definition) is 2. The zero-order valence-electron chi connectivity index (χ0n) is 17.4. The number of carbonyl (C=O) groups excluding carboxylic acids is 1. The lowest BCUT2D eigenvalue weighted by Gasteiger charge is -2.19. The molecule has 0 saturated carbocycles. The molecule has 31 heavy (non-hydrogen) atoms. The molecule has 8 heteroatoms. The minimum atomic E-state index is -4.81. The van der Waals surface area contributed by atoms with Crippen molar-refractivity contribution in [3.63, 3.8) is 0 Å². The van der Waals surface area contributed by atoms with Gasteiger partial charge in [0.2, 0.25) is 5.95 Å². The minimum Gasteiger partial charge on any atom is -0.348 e. The van der Waals surface area contributed by atoms with Gasteiger partial charge < -0.3 is 10.6 Å². The van der Waals surface area contributed by atoms with Crippen molar-refractivity contribution in [2.45, 2.75) is 38.9 Å². The van der Waals surface area contributed by atoms with Gasteiger partial charge in [0.05, 0.1) is 5.56 Å². The van der Waals surface area contributed by atoms with Crippen LogP contribution in [-0.4, -0.2) is 15.9 Å². The largest absolute Gasteiger partial charge is 0.434 e. The monoisotopic (exact) mass is 428 g/mol. The van der Waals surface area contributed by atoms with Crippen molar-refractivity contribution >= 4 is 17.5 Å². The molecule has 3 aromatic rings. The molecule has 2 N–H and O–H groups in total. The highest BCUT2D eigenvalue weighted by atomic mass is 19.4. The number of anilines is 2. The molecule has 0 bridgehead atoms. The second kappa shape index (κ2) is 8.75. The summed E-state index contributed by atoms with van der Waals surface area (Å²) in [6, 6.07) is 16.2. The maximum absolute atomic E-state index is 13.6. The number of aromatic nitrogens is 2. The van der Waals surface area contributed by atoms with Crippen LogP contribution in [0.2, 0.25) is 0 Å². The van der Waals surface area contributed by atoms with Crippen molar-refractivity contribution in [1.29, 1.82) is 0 Å². The third-order valence-electron chi connectivity index (χ3n) is 4.60. The number of nitrogens with zero attached hydrogens (tertiary/aromatic N) is 2. The molecule has 0 aliphatic heterocycles. The molecule has 5 nitrogen and oxygen atoms in total. The molecule has 162 valence electrons. The van der Waals surface area contributed by atoms with Crippen LogP contribution in [0.5, 0.6) is 0 Å². The zero-order valence-corrected chi connectivity index (χ0v) is 17.4. The van der Waals surface area contributed by atoms with Gasteiger partial charge in [-0.05, 0) is 28.7 Å². The molecule has 1 amide bonds. The average Bonchev–Trinajstić information content (AvgIpc) is 2.72. The van der Waals surface area contributed by atoms with Crippen molar-refractivity contribution < 1.29 is 18.0 Å². The molecule has 0 spiro atoms. The zero-order chi connectivity index (χ0) is 22.6. The summed E-state index contributed by atoms with van der Waals surface area (Å²) in [7, 11) is 0. The van der Waals surface area contributed by atoms with Crippen LogP contribution >= 0.6 is 0 Å². The Balaban J connectivity index is 1.80. The van der Waals surface area contributed by atoms with Crippen LogP contribution in [0.15, 0.2) is 60.8 Å². The van der Waals surface area contributed by atoms with E-state index >= 15 is 0 Å². The van der Waals surface area contributed by atoms with Gasteiger partial charge in [0.25, 0.3) is 5.91 Å². The van der Waals surface area contributed by atoms with Crippen molar-refractivity contribution in [2.75, 3.05) is 5.32 Å². The maximum atomic E-state index is 13.6. The predicted molar refractivity (Wildman–Crippen MR) is 113 cm³/mol. The Hall–Kier alpha value is -3.42. The van der Waals surface area contributed by atoms with Crippen molar-refractivity contribution in [3.8, 4) is 0 Å². The van der Waals surface area contributed by atoms with Gasteiger partial charge >= 0.3 is 6.18 Å². The Morgan fingerprint density at radius 1 is 0.968 bits per heavy atom. The number of nitrogens with one attached hydrogen (secondary N) is 2. The highest BCUT2D eigenvalue weighted by Crippen LogP contribution is 2.31. The lowest BCUT2D eigenvalue weighted by atomic mass is 9.87. The van der Waals surface area contributed by atoms with Gasteiger partial charge in [0, 0.05) is 18.4 Å². The minimum absolute atomic E-state index is 0.0484. The standard InChI is InChI=1S/C23H23F3N4O/c1-22(2,3)16-9-11-17(12-10-16)29-21-28-14-18(19(30-21)23(24,25)26)20(31)27-13-15-7-5-4-6-8-15/h4-12,14H,13H2,1-3H3,(H,27,31)(H,28,29,30). The first-order chi connectivity index (χ1) is 14.5. The van der Waals surface area contributed by atoms with E-state index < -0.39 is 23.3 Å². The Morgan fingerprint density at radius 3 is 2.19 bits per heavy atom. The molecule has 0 radical (unpaired) electrons. The highest BCUT2D eigenvalue weighted by molar-refractivity contribution is 5.95. The molecule has 0 atom stereocenters. The van der Waals surface area contributed by atoms with Crippen LogP contribution in [0.3, 0.4) is 0 Å². The van der Waals surface area contributed by atoms with Crippen LogP contribution in [-0.2, 0) is 18.1 Å². The number of carbonyl (C=O) groups is 1. The van der Waals surface area contributed by atoms with E-state index in [1.54, 1.807) is 36.4 Å². The third-order valence-corrected chi connectivity index (χ3v) is 4.60. The van der Waals surface area contributed by atoms with Gasteiger partial charge in [0.15, 0.2) is 5.69 Å². The van der Waals surface area contributed by atoms with Gasteiger partial charge in [-0.1, -0.05) is 63.2 Å². The van der Waals surface area contributed by atoms with E-state index in [1.807, 2.05) is 18.2 Å². The summed E-state index contributed by atoms with van der Waals surface area (Å²) in [6.45, 7) is 6.29. The molecule has 1 aromatic heterocycles. The highest BCUT2D eigenvalue weighted by Gasteiger charge is 2.38. The molecular formula is C23H23F3N4O. The second-order valence-corrected chi connectivity index (χ2v) is 8.07. The number of amides is 1. The van der Waals surface area contributed by atoms with Gasteiger partial charge in [0.1, 0.15) is 0 Å². The molecule has 0 aliphatic carbocycles. The summed E-state index contributed by atoms with van der Waals surface area (Å²) >= 11 is 0. The molecule has 0 fully saturated rings. The van der Waals surface area contributed by atoms with Crippen molar-refractivity contribution in [2.24, 2.45) is 0 Å². The van der Waals surface area contributed by atoms with E-state index in [4.69, 9.17) is 0 Å². The summed E-state index contributed by atoms with van der Waals surface area (Å²) in [6.07, 6.45) is -3.92. The van der Waals surface area contributed by atoms with Crippen LogP contribution in [0, 0.1) is 0 Å². The van der Waals surface area contributed by atoms with E-state index in [0.29, 0.717) is 5.69 Å². The van der Waals surface area contributed by atoms with E-state index in [-0.39, 0.29) is 17.9 Å². The Labute approximate surface area is 178 Å². The summed E-state index contributed by atoms with van der Waals surface area (Å²) in [5, 5.41) is 5.24. The first-order valence-electron chi connectivity index (χ1n) is 9.68. The molecule has 0 unspecified atom stereocenters. The van der Waals surface area contributed by atoms with E-state index in [2.05, 4.69) is 41.4 Å². The fourth-order valence-corrected chi connectivity index (χ4v) is 2.88. The fourth-order valence-electron chi connectivity index (χ4n) is 2.88. The van der Waals surface area contributed by atoms with Gasteiger partial charge in [-0.3, -0.25) is 4.79 Å². The lowest BCUT2D eigenvalue weighted by molar-refractivity contribution is -0.141. The quantitative estimate of drug-likeness (QED) is 0.566. The Kier molecular flexibility index (Phi) is 6.29. The van der Waals surface area contributed by atoms with Crippen LogP contribution < -0.4 is 10.6 Å². The number of benzene rings is 2. The van der Waals surface area contributed by atoms with E-state index in [9.17, 15) is 18.0 Å². The van der Waals surface area contributed by atoms with Crippen LogP contribution in [0.25, 0.3) is 0 Å². The van der Waals surface area contributed by atoms with Crippen molar-refractivity contribution in [3.05, 3.63) is 83.2 Å². The van der Waals surface area contributed by atoms with Gasteiger partial charge in [-0.25, -0.2) is 9.97 Å².